The predicted molar refractivity (Wildman–Crippen MR) is 157 cm³/mol. The van der Waals surface area contributed by atoms with E-state index in [9.17, 15) is 14.0 Å². The van der Waals surface area contributed by atoms with Gasteiger partial charge in [0, 0.05) is 11.1 Å². The molecule has 0 saturated carbocycles. The van der Waals surface area contributed by atoms with E-state index in [1.807, 2.05) is 18.2 Å². The molecule has 216 valence electrons. The van der Waals surface area contributed by atoms with E-state index < -0.39 is 12.0 Å². The minimum atomic E-state index is -0.810. The number of para-hydroxylation sites is 1. The van der Waals surface area contributed by atoms with Crippen LogP contribution in [0.4, 0.5) is 4.39 Å². The second-order valence-electron chi connectivity index (χ2n) is 9.33. The molecule has 1 aliphatic heterocycles. The van der Waals surface area contributed by atoms with Crippen molar-refractivity contribution >= 4 is 23.4 Å². The van der Waals surface area contributed by atoms with Crippen LogP contribution in [0.3, 0.4) is 0 Å². The number of methoxy groups -OCH3 is 2. The van der Waals surface area contributed by atoms with Crippen LogP contribution in [0.2, 0.25) is 0 Å². The molecule has 0 radical (unpaired) electrons. The van der Waals surface area contributed by atoms with Crippen LogP contribution in [0.5, 0.6) is 17.2 Å². The van der Waals surface area contributed by atoms with Crippen LogP contribution in [0, 0.1) is 5.82 Å². The molecular weight excluding hydrogens is 559 g/mol. The molecule has 3 aromatic carbocycles. The normalized spacial score (nSPS) is 14.7. The predicted octanol–water partition coefficient (Wildman–Crippen LogP) is 4.53. The molecule has 0 fully saturated rings. The average Bonchev–Trinajstić information content (AvgIpc) is 3.30. The first-order valence-electron chi connectivity index (χ1n) is 13.2. The summed E-state index contributed by atoms with van der Waals surface area (Å²) in [5.41, 5.74) is 2.07. The number of ether oxygens (including phenoxy) is 4. The molecule has 0 bridgehead atoms. The van der Waals surface area contributed by atoms with E-state index in [-0.39, 0.29) is 30.2 Å². The minimum Gasteiger partial charge on any atom is -0.493 e. The SMILES string of the molecule is CCOC(=O)C1=C(C)N=c2s/c(=C\c3ccccc3OCc3ccccc3F)c(=O)n2[C@@H]1c1ccc(OC)c(OC)c1. The number of carbonyl (C=O) groups excluding carboxylic acids is 1. The first-order chi connectivity index (χ1) is 20.4. The van der Waals surface area contributed by atoms with Gasteiger partial charge in [-0.05, 0) is 49.8 Å². The van der Waals surface area contributed by atoms with Crippen molar-refractivity contribution in [2.75, 3.05) is 20.8 Å². The lowest BCUT2D eigenvalue weighted by molar-refractivity contribution is -0.139. The Morgan fingerprint density at radius 3 is 2.50 bits per heavy atom. The van der Waals surface area contributed by atoms with Crippen LogP contribution < -0.4 is 29.1 Å². The van der Waals surface area contributed by atoms with E-state index in [1.165, 1.54) is 36.2 Å². The van der Waals surface area contributed by atoms with Crippen molar-refractivity contribution in [3.05, 3.63) is 120 Å². The zero-order valence-corrected chi connectivity index (χ0v) is 24.4. The Morgan fingerprint density at radius 2 is 1.76 bits per heavy atom. The first kappa shape index (κ1) is 28.8. The Morgan fingerprint density at radius 1 is 1.02 bits per heavy atom. The van der Waals surface area contributed by atoms with Gasteiger partial charge in [0.2, 0.25) is 0 Å². The molecule has 0 amide bonds. The molecule has 8 nitrogen and oxygen atoms in total. The van der Waals surface area contributed by atoms with Gasteiger partial charge in [0.25, 0.3) is 5.56 Å². The monoisotopic (exact) mass is 588 g/mol. The third kappa shape index (κ3) is 5.58. The van der Waals surface area contributed by atoms with Crippen molar-refractivity contribution in [1.82, 2.24) is 4.57 Å². The Bertz CT molecular complexity index is 1860. The highest BCUT2D eigenvalue weighted by Gasteiger charge is 2.34. The summed E-state index contributed by atoms with van der Waals surface area (Å²) in [5.74, 6) is 0.548. The second kappa shape index (κ2) is 12.4. The van der Waals surface area contributed by atoms with Gasteiger partial charge in [-0.3, -0.25) is 9.36 Å². The fourth-order valence-corrected chi connectivity index (χ4v) is 5.81. The van der Waals surface area contributed by atoms with Crippen LogP contribution in [-0.4, -0.2) is 31.4 Å². The molecule has 0 unspecified atom stereocenters. The summed E-state index contributed by atoms with van der Waals surface area (Å²) >= 11 is 1.20. The Hall–Kier alpha value is -4.70. The highest BCUT2D eigenvalue weighted by atomic mass is 32.1. The maximum atomic E-state index is 14.2. The number of carbonyl (C=O) groups is 1. The van der Waals surface area contributed by atoms with Gasteiger partial charge in [0.05, 0.1) is 42.7 Å². The smallest absolute Gasteiger partial charge is 0.338 e. The van der Waals surface area contributed by atoms with Crippen molar-refractivity contribution in [3.8, 4) is 17.2 Å². The fraction of sp³-hybridized carbons (Fsp3) is 0.219. The third-order valence-corrected chi connectivity index (χ3v) is 7.77. The molecule has 2 heterocycles. The number of rotatable bonds is 9. The molecule has 10 heteroatoms. The summed E-state index contributed by atoms with van der Waals surface area (Å²) < 4.78 is 38.3. The summed E-state index contributed by atoms with van der Waals surface area (Å²) in [6.45, 7) is 3.64. The second-order valence-corrected chi connectivity index (χ2v) is 10.3. The number of allylic oxidation sites excluding steroid dienone is 1. The van der Waals surface area contributed by atoms with Crippen molar-refractivity contribution < 1.29 is 28.1 Å². The van der Waals surface area contributed by atoms with Crippen molar-refractivity contribution in [2.45, 2.75) is 26.5 Å². The number of hydrogen-bond donors (Lipinski definition) is 0. The zero-order valence-electron chi connectivity index (χ0n) is 23.5. The fourth-order valence-electron chi connectivity index (χ4n) is 4.77. The summed E-state index contributed by atoms with van der Waals surface area (Å²) in [7, 11) is 3.05. The van der Waals surface area contributed by atoms with Gasteiger partial charge in [-0.15, -0.1) is 0 Å². The van der Waals surface area contributed by atoms with Gasteiger partial charge >= 0.3 is 5.97 Å². The van der Waals surface area contributed by atoms with E-state index in [2.05, 4.69) is 4.99 Å². The quantitative estimate of drug-likeness (QED) is 0.267. The van der Waals surface area contributed by atoms with Crippen LogP contribution in [0.15, 0.2) is 87.8 Å². The molecule has 0 aliphatic carbocycles. The Kier molecular flexibility index (Phi) is 8.53. The highest BCUT2D eigenvalue weighted by molar-refractivity contribution is 7.07. The van der Waals surface area contributed by atoms with E-state index in [1.54, 1.807) is 62.4 Å². The highest BCUT2D eigenvalue weighted by Crippen LogP contribution is 2.36. The molecule has 1 aromatic heterocycles. The lowest BCUT2D eigenvalue weighted by atomic mass is 9.95. The molecule has 1 atom stereocenters. The van der Waals surface area contributed by atoms with Crippen molar-refractivity contribution in [1.29, 1.82) is 0 Å². The van der Waals surface area contributed by atoms with Gasteiger partial charge in [-0.25, -0.2) is 14.2 Å². The van der Waals surface area contributed by atoms with E-state index >= 15 is 0 Å². The molecule has 1 aliphatic rings. The summed E-state index contributed by atoms with van der Waals surface area (Å²) in [6.07, 6.45) is 1.72. The zero-order chi connectivity index (χ0) is 29.8. The number of benzene rings is 3. The maximum Gasteiger partial charge on any atom is 0.338 e. The summed E-state index contributed by atoms with van der Waals surface area (Å²) in [5, 5.41) is 0. The third-order valence-electron chi connectivity index (χ3n) is 6.79. The first-order valence-corrected chi connectivity index (χ1v) is 14.0. The van der Waals surface area contributed by atoms with Gasteiger partial charge < -0.3 is 18.9 Å². The van der Waals surface area contributed by atoms with Crippen LogP contribution in [-0.2, 0) is 16.1 Å². The molecule has 0 spiro atoms. The van der Waals surface area contributed by atoms with Crippen LogP contribution >= 0.6 is 11.3 Å². The lowest BCUT2D eigenvalue weighted by Crippen LogP contribution is -2.40. The van der Waals surface area contributed by atoms with Crippen LogP contribution in [0.25, 0.3) is 6.08 Å². The number of nitrogens with zero attached hydrogens (tertiary/aromatic N) is 2. The van der Waals surface area contributed by atoms with Gasteiger partial charge in [0.1, 0.15) is 18.2 Å². The number of halogens is 1. The number of hydrogen-bond acceptors (Lipinski definition) is 8. The maximum absolute atomic E-state index is 14.2. The largest absolute Gasteiger partial charge is 0.493 e. The van der Waals surface area contributed by atoms with E-state index in [4.69, 9.17) is 18.9 Å². The number of aromatic nitrogens is 1. The Balaban J connectivity index is 1.63. The van der Waals surface area contributed by atoms with E-state index in [0.29, 0.717) is 49.0 Å². The van der Waals surface area contributed by atoms with Gasteiger partial charge in [0.15, 0.2) is 16.3 Å². The lowest BCUT2D eigenvalue weighted by Gasteiger charge is -2.25. The Labute approximate surface area is 245 Å². The molecular formula is C32H29FN2O6S. The van der Waals surface area contributed by atoms with Gasteiger partial charge in [-0.1, -0.05) is 53.8 Å². The molecule has 42 heavy (non-hydrogen) atoms. The topological polar surface area (TPSA) is 88.4 Å². The molecule has 4 aromatic rings. The van der Waals surface area contributed by atoms with E-state index in [0.717, 1.165) is 0 Å². The molecule has 5 rings (SSSR count). The number of thiazole rings is 1. The average molecular weight is 589 g/mol. The van der Waals surface area contributed by atoms with Gasteiger partial charge in [-0.2, -0.15) is 0 Å². The summed E-state index contributed by atoms with van der Waals surface area (Å²) in [6, 6.07) is 18.1. The number of esters is 1. The van der Waals surface area contributed by atoms with Crippen molar-refractivity contribution in [2.24, 2.45) is 4.99 Å². The molecule has 0 N–H and O–H groups in total. The summed E-state index contributed by atoms with van der Waals surface area (Å²) in [4.78, 5) is 32.3. The van der Waals surface area contributed by atoms with Crippen LogP contribution in [0.1, 0.15) is 36.6 Å². The van der Waals surface area contributed by atoms with Crippen molar-refractivity contribution in [3.63, 3.8) is 0 Å². The minimum absolute atomic E-state index is 0.0280. The number of fused-ring (bicyclic) bond motifs is 1. The standard InChI is InChI=1S/C32H29FN2O6S/c1-5-40-31(37)28-19(2)34-32-35(29(28)21-14-15-25(38-3)26(16-21)39-4)30(36)27(42-32)17-20-10-7-9-13-24(20)41-18-22-11-6-8-12-23(22)33/h6-17,29H,5,18H2,1-4H3/b27-17-/t29-/m1/s1. The molecule has 0 saturated heterocycles.